The van der Waals surface area contributed by atoms with Crippen LogP contribution in [0.2, 0.25) is 0 Å². The van der Waals surface area contributed by atoms with Crippen LogP contribution in [0.5, 0.6) is 0 Å². The molecule has 0 aromatic carbocycles. The summed E-state index contributed by atoms with van der Waals surface area (Å²) in [5.41, 5.74) is 0. The Labute approximate surface area is 104 Å². The van der Waals surface area contributed by atoms with E-state index in [1.807, 2.05) is 6.92 Å². The number of sulfonamides is 1. The van der Waals surface area contributed by atoms with E-state index in [1.54, 1.807) is 6.20 Å². The average molecular weight is 278 g/mol. The maximum Gasteiger partial charge on any atom is 0.303 e. The first-order chi connectivity index (χ1) is 7.89. The quantitative estimate of drug-likeness (QED) is 0.766. The van der Waals surface area contributed by atoms with Gasteiger partial charge in [0.2, 0.25) is 10.0 Å². The van der Waals surface area contributed by atoms with Gasteiger partial charge in [-0.15, -0.1) is 11.3 Å². The summed E-state index contributed by atoms with van der Waals surface area (Å²) in [5.74, 6) is -1.16. The largest absolute Gasteiger partial charge is 0.481 e. The Bertz CT molecular complexity index is 481. The van der Waals surface area contributed by atoms with Gasteiger partial charge in [0.05, 0.1) is 10.8 Å². The van der Waals surface area contributed by atoms with E-state index >= 15 is 0 Å². The molecular weight excluding hydrogens is 264 g/mol. The maximum atomic E-state index is 11.5. The van der Waals surface area contributed by atoms with Gasteiger partial charge in [-0.25, -0.2) is 18.1 Å². The number of aromatic nitrogens is 1. The Kier molecular flexibility index (Phi) is 5.03. The third kappa shape index (κ3) is 5.76. The Morgan fingerprint density at radius 3 is 2.82 bits per heavy atom. The lowest BCUT2D eigenvalue weighted by atomic mass is 10.3. The SMILES string of the molecule is Cc1ncc(CNS(=O)(=O)CCCC(=O)O)s1. The first-order valence-electron chi connectivity index (χ1n) is 4.99. The van der Waals surface area contributed by atoms with Crippen molar-refractivity contribution >= 4 is 27.3 Å². The fourth-order valence-electron chi connectivity index (χ4n) is 1.15. The number of rotatable bonds is 7. The molecule has 0 unspecified atom stereocenters. The van der Waals surface area contributed by atoms with Crippen molar-refractivity contribution in [1.29, 1.82) is 0 Å². The molecule has 0 aliphatic carbocycles. The van der Waals surface area contributed by atoms with E-state index in [-0.39, 0.29) is 25.1 Å². The lowest BCUT2D eigenvalue weighted by Crippen LogP contribution is -2.25. The average Bonchev–Trinajstić information content (AvgIpc) is 2.61. The summed E-state index contributed by atoms with van der Waals surface area (Å²) in [4.78, 5) is 15.1. The van der Waals surface area contributed by atoms with Crippen LogP contribution in [0.25, 0.3) is 0 Å². The number of hydrogen-bond acceptors (Lipinski definition) is 5. The molecule has 1 aromatic heterocycles. The van der Waals surface area contributed by atoms with Gasteiger partial charge in [0.15, 0.2) is 0 Å². The third-order valence-corrected chi connectivity index (χ3v) is 4.26. The number of carbonyl (C=O) groups is 1. The second kappa shape index (κ2) is 6.08. The fraction of sp³-hybridized carbons (Fsp3) is 0.556. The number of hydrogen-bond donors (Lipinski definition) is 2. The molecule has 0 saturated carbocycles. The molecule has 0 fully saturated rings. The van der Waals surface area contributed by atoms with Gasteiger partial charge in [-0.05, 0) is 13.3 Å². The van der Waals surface area contributed by atoms with E-state index in [1.165, 1.54) is 11.3 Å². The highest BCUT2D eigenvalue weighted by Gasteiger charge is 2.11. The minimum atomic E-state index is -3.40. The molecule has 6 nitrogen and oxygen atoms in total. The molecule has 2 N–H and O–H groups in total. The number of nitrogens with zero attached hydrogens (tertiary/aromatic N) is 1. The van der Waals surface area contributed by atoms with Crippen molar-refractivity contribution in [2.24, 2.45) is 0 Å². The first-order valence-corrected chi connectivity index (χ1v) is 7.46. The van der Waals surface area contributed by atoms with Gasteiger partial charge in [-0.1, -0.05) is 0 Å². The molecule has 0 bridgehead atoms. The predicted molar refractivity (Wildman–Crippen MR) is 64.3 cm³/mol. The summed E-state index contributed by atoms with van der Waals surface area (Å²) in [6.45, 7) is 2.05. The van der Waals surface area contributed by atoms with E-state index in [9.17, 15) is 13.2 Å². The van der Waals surface area contributed by atoms with Crippen molar-refractivity contribution < 1.29 is 18.3 Å². The molecule has 0 atom stereocenters. The zero-order valence-electron chi connectivity index (χ0n) is 9.34. The molecule has 96 valence electrons. The minimum absolute atomic E-state index is 0.117. The van der Waals surface area contributed by atoms with E-state index in [4.69, 9.17) is 5.11 Å². The zero-order chi connectivity index (χ0) is 12.9. The Morgan fingerprint density at radius 1 is 1.59 bits per heavy atom. The lowest BCUT2D eigenvalue weighted by molar-refractivity contribution is -0.137. The molecule has 1 rings (SSSR count). The summed E-state index contributed by atoms with van der Waals surface area (Å²) in [6, 6.07) is 0. The van der Waals surface area contributed by atoms with Crippen molar-refractivity contribution in [3.8, 4) is 0 Å². The number of thiazole rings is 1. The van der Waals surface area contributed by atoms with Crippen LogP contribution in [0.3, 0.4) is 0 Å². The van der Waals surface area contributed by atoms with E-state index < -0.39 is 16.0 Å². The van der Waals surface area contributed by atoms with Gasteiger partial charge < -0.3 is 5.11 Å². The molecule has 0 aliphatic heterocycles. The maximum absolute atomic E-state index is 11.5. The molecular formula is C9H14N2O4S2. The second-order valence-corrected chi connectivity index (χ2v) is 6.73. The van der Waals surface area contributed by atoms with Crippen LogP contribution in [0.4, 0.5) is 0 Å². The van der Waals surface area contributed by atoms with Crippen LogP contribution in [0.15, 0.2) is 6.20 Å². The molecule has 17 heavy (non-hydrogen) atoms. The summed E-state index contributed by atoms with van der Waals surface area (Å²) < 4.78 is 25.4. The number of carboxylic acid groups (broad SMARTS) is 1. The normalized spacial score (nSPS) is 11.6. The van der Waals surface area contributed by atoms with Gasteiger partial charge in [0, 0.05) is 24.0 Å². The van der Waals surface area contributed by atoms with E-state index in [0.717, 1.165) is 9.88 Å². The molecule has 0 amide bonds. The monoisotopic (exact) mass is 278 g/mol. The molecule has 1 heterocycles. The van der Waals surface area contributed by atoms with Gasteiger partial charge in [-0.2, -0.15) is 0 Å². The summed E-state index contributed by atoms with van der Waals surface area (Å²) in [7, 11) is -3.40. The zero-order valence-corrected chi connectivity index (χ0v) is 11.0. The Hall–Kier alpha value is -0.990. The van der Waals surface area contributed by atoms with E-state index in [0.29, 0.717) is 0 Å². The third-order valence-electron chi connectivity index (χ3n) is 1.94. The predicted octanol–water partition coefficient (Wildman–Crippen LogP) is 0.736. The highest BCUT2D eigenvalue weighted by Crippen LogP contribution is 2.11. The number of nitrogens with one attached hydrogen (secondary N) is 1. The highest BCUT2D eigenvalue weighted by molar-refractivity contribution is 7.89. The highest BCUT2D eigenvalue weighted by atomic mass is 32.2. The van der Waals surface area contributed by atoms with Crippen LogP contribution in [0, 0.1) is 6.92 Å². The molecule has 0 aliphatic rings. The van der Waals surface area contributed by atoms with Gasteiger partial charge in [0.25, 0.3) is 0 Å². The summed E-state index contributed by atoms with van der Waals surface area (Å²) >= 11 is 1.42. The molecule has 0 saturated heterocycles. The van der Waals surface area contributed by atoms with Gasteiger partial charge in [0.1, 0.15) is 0 Å². The van der Waals surface area contributed by atoms with Crippen molar-refractivity contribution in [2.45, 2.75) is 26.3 Å². The molecule has 8 heteroatoms. The van der Waals surface area contributed by atoms with Crippen molar-refractivity contribution in [1.82, 2.24) is 9.71 Å². The van der Waals surface area contributed by atoms with Crippen LogP contribution in [-0.4, -0.2) is 30.2 Å². The van der Waals surface area contributed by atoms with Crippen molar-refractivity contribution in [3.63, 3.8) is 0 Å². The van der Waals surface area contributed by atoms with Crippen molar-refractivity contribution in [2.75, 3.05) is 5.75 Å². The summed E-state index contributed by atoms with van der Waals surface area (Å²) in [6.07, 6.45) is 1.60. The molecule has 0 radical (unpaired) electrons. The van der Waals surface area contributed by atoms with Gasteiger partial charge in [-0.3, -0.25) is 4.79 Å². The smallest absolute Gasteiger partial charge is 0.303 e. The Balaban J connectivity index is 2.36. The number of aryl methyl sites for hydroxylation is 1. The minimum Gasteiger partial charge on any atom is -0.481 e. The van der Waals surface area contributed by atoms with Crippen LogP contribution in [-0.2, 0) is 21.4 Å². The van der Waals surface area contributed by atoms with E-state index in [2.05, 4.69) is 9.71 Å². The van der Waals surface area contributed by atoms with Crippen molar-refractivity contribution in [3.05, 3.63) is 16.1 Å². The van der Waals surface area contributed by atoms with Crippen LogP contribution < -0.4 is 4.72 Å². The number of aliphatic carboxylic acids is 1. The fourth-order valence-corrected chi connectivity index (χ4v) is 3.02. The van der Waals surface area contributed by atoms with Crippen LogP contribution in [0.1, 0.15) is 22.7 Å². The topological polar surface area (TPSA) is 96.4 Å². The first kappa shape index (κ1) is 14.1. The lowest BCUT2D eigenvalue weighted by Gasteiger charge is -2.03. The molecule has 0 spiro atoms. The van der Waals surface area contributed by atoms with Gasteiger partial charge >= 0.3 is 5.97 Å². The standard InChI is InChI=1S/C9H14N2O4S2/c1-7-10-5-8(16-7)6-11-17(14,15)4-2-3-9(12)13/h5,11H,2-4,6H2,1H3,(H,12,13). The Morgan fingerprint density at radius 2 is 2.29 bits per heavy atom. The number of carboxylic acids is 1. The van der Waals surface area contributed by atoms with Crippen LogP contribution >= 0.6 is 11.3 Å². The summed E-state index contributed by atoms with van der Waals surface area (Å²) in [5, 5.41) is 9.28. The second-order valence-electron chi connectivity index (χ2n) is 3.48. The molecule has 1 aromatic rings.